The standard InChI is InChI=1S/C15H16BFO2S/c1-10-3-6-15(11(2)7-10)20-9-12-4-5-14(17)13(8-12)16(18)19/h3-8,18-19H,9H2,1-2H3. The fourth-order valence-corrected chi connectivity index (χ4v) is 2.96. The van der Waals surface area contributed by atoms with Crippen LogP contribution in [0.3, 0.4) is 0 Å². The molecule has 0 saturated carbocycles. The van der Waals surface area contributed by atoms with Gasteiger partial charge in [0.25, 0.3) is 0 Å². The number of aryl methyl sites for hydroxylation is 2. The lowest BCUT2D eigenvalue weighted by Gasteiger charge is -2.08. The van der Waals surface area contributed by atoms with E-state index in [0.29, 0.717) is 5.75 Å². The van der Waals surface area contributed by atoms with Crippen LogP contribution in [-0.4, -0.2) is 17.2 Å². The second-order valence-electron chi connectivity index (χ2n) is 4.79. The predicted molar refractivity (Wildman–Crippen MR) is 81.7 cm³/mol. The van der Waals surface area contributed by atoms with Crippen LogP contribution in [0.1, 0.15) is 16.7 Å². The Labute approximate surface area is 122 Å². The van der Waals surface area contributed by atoms with Crippen LogP contribution in [-0.2, 0) is 5.75 Å². The number of halogens is 1. The van der Waals surface area contributed by atoms with Gasteiger partial charge < -0.3 is 10.0 Å². The molecule has 0 amide bonds. The van der Waals surface area contributed by atoms with Crippen molar-refractivity contribution in [3.8, 4) is 0 Å². The van der Waals surface area contributed by atoms with Gasteiger partial charge in [-0.2, -0.15) is 0 Å². The molecule has 0 aliphatic heterocycles. The number of hydrogen-bond donors (Lipinski definition) is 2. The summed E-state index contributed by atoms with van der Waals surface area (Å²) in [6, 6.07) is 10.7. The first-order valence-electron chi connectivity index (χ1n) is 6.32. The minimum absolute atomic E-state index is 0.0799. The molecular weight excluding hydrogens is 274 g/mol. The molecule has 0 saturated heterocycles. The summed E-state index contributed by atoms with van der Waals surface area (Å²) in [5.41, 5.74) is 3.21. The maximum atomic E-state index is 13.4. The lowest BCUT2D eigenvalue weighted by Crippen LogP contribution is -2.33. The van der Waals surface area contributed by atoms with Crippen LogP contribution in [0.4, 0.5) is 4.39 Å². The molecule has 2 rings (SSSR count). The van der Waals surface area contributed by atoms with Crippen molar-refractivity contribution in [2.24, 2.45) is 0 Å². The zero-order chi connectivity index (χ0) is 14.7. The highest BCUT2D eigenvalue weighted by molar-refractivity contribution is 7.98. The van der Waals surface area contributed by atoms with Gasteiger partial charge in [0.2, 0.25) is 0 Å². The van der Waals surface area contributed by atoms with Crippen LogP contribution >= 0.6 is 11.8 Å². The maximum Gasteiger partial charge on any atom is 0.491 e. The molecule has 20 heavy (non-hydrogen) atoms. The molecule has 0 radical (unpaired) electrons. The summed E-state index contributed by atoms with van der Waals surface area (Å²) in [6.45, 7) is 4.11. The molecule has 0 fully saturated rings. The first kappa shape index (κ1) is 15.1. The summed E-state index contributed by atoms with van der Waals surface area (Å²) in [5.74, 6) is 0.0597. The normalized spacial score (nSPS) is 10.7. The molecule has 2 aromatic carbocycles. The average Bonchev–Trinajstić information content (AvgIpc) is 2.39. The molecule has 0 atom stereocenters. The van der Waals surface area contributed by atoms with E-state index in [1.807, 2.05) is 0 Å². The van der Waals surface area contributed by atoms with Gasteiger partial charge in [0, 0.05) is 16.1 Å². The highest BCUT2D eigenvalue weighted by Crippen LogP contribution is 2.26. The molecule has 0 aliphatic carbocycles. The van der Waals surface area contributed by atoms with Crippen LogP contribution in [0.2, 0.25) is 0 Å². The Kier molecular flexibility index (Phi) is 4.86. The molecule has 2 nitrogen and oxygen atoms in total. The van der Waals surface area contributed by atoms with Crippen molar-refractivity contribution in [3.63, 3.8) is 0 Å². The van der Waals surface area contributed by atoms with Crippen molar-refractivity contribution in [3.05, 3.63) is 58.9 Å². The topological polar surface area (TPSA) is 40.5 Å². The van der Waals surface area contributed by atoms with Gasteiger partial charge >= 0.3 is 7.12 Å². The van der Waals surface area contributed by atoms with Gasteiger partial charge in [-0.3, -0.25) is 0 Å². The Hall–Kier alpha value is -1.30. The number of benzene rings is 2. The zero-order valence-electron chi connectivity index (χ0n) is 11.4. The third-order valence-corrected chi connectivity index (χ3v) is 4.31. The first-order valence-corrected chi connectivity index (χ1v) is 7.30. The molecule has 0 aromatic heterocycles. The van der Waals surface area contributed by atoms with Gasteiger partial charge in [0.05, 0.1) is 0 Å². The Morgan fingerprint density at radius 3 is 2.50 bits per heavy atom. The van der Waals surface area contributed by atoms with Gasteiger partial charge in [-0.05, 0) is 37.1 Å². The SMILES string of the molecule is Cc1ccc(SCc2ccc(F)c(B(O)O)c2)c(C)c1. The van der Waals surface area contributed by atoms with Crippen LogP contribution in [0.25, 0.3) is 0 Å². The second kappa shape index (κ2) is 6.44. The van der Waals surface area contributed by atoms with Crippen molar-refractivity contribution in [1.82, 2.24) is 0 Å². The summed E-state index contributed by atoms with van der Waals surface area (Å²) in [4.78, 5) is 1.17. The van der Waals surface area contributed by atoms with E-state index in [0.717, 1.165) is 5.56 Å². The predicted octanol–water partition coefficient (Wildman–Crippen LogP) is 2.41. The maximum absolute atomic E-state index is 13.4. The van der Waals surface area contributed by atoms with Crippen molar-refractivity contribution in [1.29, 1.82) is 0 Å². The summed E-state index contributed by atoms with van der Waals surface area (Å²) in [7, 11) is -1.78. The fourth-order valence-electron chi connectivity index (χ4n) is 2.00. The summed E-state index contributed by atoms with van der Waals surface area (Å²) < 4.78 is 13.4. The molecule has 0 unspecified atom stereocenters. The molecule has 0 aliphatic rings. The van der Waals surface area contributed by atoms with Crippen molar-refractivity contribution in [2.75, 3.05) is 0 Å². The van der Waals surface area contributed by atoms with Crippen LogP contribution < -0.4 is 5.46 Å². The summed E-state index contributed by atoms with van der Waals surface area (Å²) in [5, 5.41) is 18.2. The average molecular weight is 290 g/mol. The number of rotatable bonds is 4. The van der Waals surface area contributed by atoms with Crippen LogP contribution in [0.15, 0.2) is 41.3 Å². The molecule has 0 bridgehead atoms. The minimum Gasteiger partial charge on any atom is -0.423 e. The molecule has 0 spiro atoms. The van der Waals surface area contributed by atoms with Gasteiger partial charge in [-0.15, -0.1) is 11.8 Å². The minimum atomic E-state index is -1.78. The highest BCUT2D eigenvalue weighted by Gasteiger charge is 2.16. The molecule has 5 heteroatoms. The summed E-state index contributed by atoms with van der Waals surface area (Å²) >= 11 is 1.65. The molecule has 0 heterocycles. The molecule has 2 aromatic rings. The Morgan fingerprint density at radius 1 is 1.10 bits per heavy atom. The van der Waals surface area contributed by atoms with E-state index in [1.165, 1.54) is 28.2 Å². The van der Waals surface area contributed by atoms with Gasteiger partial charge in [-0.1, -0.05) is 29.8 Å². The Bertz CT molecular complexity index is 617. The van der Waals surface area contributed by atoms with E-state index in [4.69, 9.17) is 10.0 Å². The smallest absolute Gasteiger partial charge is 0.423 e. The third kappa shape index (κ3) is 3.63. The van der Waals surface area contributed by atoms with E-state index in [2.05, 4.69) is 32.0 Å². The zero-order valence-corrected chi connectivity index (χ0v) is 12.2. The van der Waals surface area contributed by atoms with E-state index < -0.39 is 12.9 Å². The van der Waals surface area contributed by atoms with Gasteiger partial charge in [-0.25, -0.2) is 4.39 Å². The van der Waals surface area contributed by atoms with Crippen LogP contribution in [0.5, 0.6) is 0 Å². The fraction of sp³-hybridized carbons (Fsp3) is 0.200. The second-order valence-corrected chi connectivity index (χ2v) is 5.80. The Morgan fingerprint density at radius 2 is 1.85 bits per heavy atom. The Balaban J connectivity index is 2.13. The summed E-state index contributed by atoms with van der Waals surface area (Å²) in [6.07, 6.45) is 0. The van der Waals surface area contributed by atoms with Gasteiger partial charge in [0.1, 0.15) is 5.82 Å². The van der Waals surface area contributed by atoms with Crippen molar-refractivity contribution < 1.29 is 14.4 Å². The quantitative estimate of drug-likeness (QED) is 0.671. The molecule has 2 N–H and O–H groups in total. The van der Waals surface area contributed by atoms with E-state index in [1.54, 1.807) is 17.8 Å². The van der Waals surface area contributed by atoms with Gasteiger partial charge in [0.15, 0.2) is 0 Å². The van der Waals surface area contributed by atoms with Crippen LogP contribution in [0, 0.1) is 19.7 Å². The number of thioether (sulfide) groups is 1. The molecular formula is C15H16BFO2S. The van der Waals surface area contributed by atoms with Crippen molar-refractivity contribution >= 4 is 24.3 Å². The number of hydrogen-bond acceptors (Lipinski definition) is 3. The third-order valence-electron chi connectivity index (χ3n) is 3.06. The lowest BCUT2D eigenvalue weighted by molar-refractivity contribution is 0.423. The van der Waals surface area contributed by atoms with E-state index >= 15 is 0 Å². The molecule has 104 valence electrons. The van der Waals surface area contributed by atoms with Crippen molar-refractivity contribution in [2.45, 2.75) is 24.5 Å². The lowest BCUT2D eigenvalue weighted by atomic mass is 9.79. The van der Waals surface area contributed by atoms with E-state index in [9.17, 15) is 4.39 Å². The monoisotopic (exact) mass is 290 g/mol. The highest BCUT2D eigenvalue weighted by atomic mass is 32.2. The first-order chi connectivity index (χ1) is 9.47. The largest absolute Gasteiger partial charge is 0.491 e. The van der Waals surface area contributed by atoms with E-state index in [-0.39, 0.29) is 5.46 Å².